The van der Waals surface area contributed by atoms with E-state index in [1.54, 1.807) is 11.1 Å². The number of aromatic nitrogens is 2. The Morgan fingerprint density at radius 1 is 1.31 bits per heavy atom. The number of aryl methyl sites for hydroxylation is 1. The van der Waals surface area contributed by atoms with Gasteiger partial charge in [-0.05, 0) is 18.8 Å². The highest BCUT2D eigenvalue weighted by atomic mass is 19.3. The molecule has 0 radical (unpaired) electrons. The molecule has 4 rings (SSSR count). The average Bonchev–Trinajstić information content (AvgIpc) is 3.19. The van der Waals surface area contributed by atoms with Crippen molar-refractivity contribution in [3.05, 3.63) is 18.2 Å². The first kappa shape index (κ1) is 17.4. The van der Waals surface area contributed by atoms with Crippen LogP contribution in [0.1, 0.15) is 43.8 Å². The van der Waals surface area contributed by atoms with Crippen LogP contribution in [0.2, 0.25) is 0 Å². The smallest absolute Gasteiger partial charge is 0.248 e. The summed E-state index contributed by atoms with van der Waals surface area (Å²) in [7, 11) is 1.89. The van der Waals surface area contributed by atoms with Crippen LogP contribution in [-0.2, 0) is 16.6 Å². The van der Waals surface area contributed by atoms with Gasteiger partial charge in [-0.3, -0.25) is 9.59 Å². The number of carbonyl (C=O) groups is 2. The van der Waals surface area contributed by atoms with Gasteiger partial charge in [0, 0.05) is 57.7 Å². The lowest BCUT2D eigenvalue weighted by Crippen LogP contribution is -2.42. The molecule has 0 unspecified atom stereocenters. The number of carbonyl (C=O) groups excluding carboxylic acids is 2. The van der Waals surface area contributed by atoms with Crippen molar-refractivity contribution >= 4 is 11.8 Å². The van der Waals surface area contributed by atoms with Crippen LogP contribution in [0.4, 0.5) is 8.78 Å². The summed E-state index contributed by atoms with van der Waals surface area (Å²) in [5.74, 6) is -2.05. The third-order valence-corrected chi connectivity index (χ3v) is 5.78. The molecule has 26 heavy (non-hydrogen) atoms. The fraction of sp³-hybridized carbons (Fsp3) is 0.722. The number of rotatable bonds is 5. The van der Waals surface area contributed by atoms with Crippen LogP contribution in [0, 0.1) is 11.8 Å². The minimum absolute atomic E-state index is 0.0437. The molecule has 1 N–H and O–H groups in total. The summed E-state index contributed by atoms with van der Waals surface area (Å²) in [4.78, 5) is 30.9. The van der Waals surface area contributed by atoms with Crippen molar-refractivity contribution in [2.75, 3.05) is 13.1 Å². The van der Waals surface area contributed by atoms with Gasteiger partial charge in [0.2, 0.25) is 17.7 Å². The van der Waals surface area contributed by atoms with Crippen molar-refractivity contribution < 1.29 is 18.4 Å². The van der Waals surface area contributed by atoms with Crippen LogP contribution >= 0.6 is 0 Å². The van der Waals surface area contributed by atoms with E-state index in [0.29, 0.717) is 13.1 Å². The van der Waals surface area contributed by atoms with Crippen LogP contribution in [0.5, 0.6) is 0 Å². The first-order valence-corrected chi connectivity index (χ1v) is 9.25. The highest BCUT2D eigenvalue weighted by molar-refractivity contribution is 5.82. The Balaban J connectivity index is 1.43. The first-order valence-electron chi connectivity index (χ1n) is 9.25. The van der Waals surface area contributed by atoms with Crippen molar-refractivity contribution in [2.24, 2.45) is 18.9 Å². The molecule has 2 heterocycles. The second-order valence-corrected chi connectivity index (χ2v) is 8.03. The molecule has 2 amide bonds. The Morgan fingerprint density at radius 2 is 2.04 bits per heavy atom. The van der Waals surface area contributed by atoms with Gasteiger partial charge in [-0.1, -0.05) is 0 Å². The maximum atomic E-state index is 13.0. The zero-order valence-electron chi connectivity index (χ0n) is 14.8. The van der Waals surface area contributed by atoms with Crippen molar-refractivity contribution in [1.82, 2.24) is 19.8 Å². The van der Waals surface area contributed by atoms with Gasteiger partial charge >= 0.3 is 0 Å². The molecule has 2 aliphatic carbocycles. The zero-order chi connectivity index (χ0) is 18.5. The summed E-state index contributed by atoms with van der Waals surface area (Å²) in [6, 6.07) is -0.184. The van der Waals surface area contributed by atoms with Crippen molar-refractivity contribution in [1.29, 1.82) is 0 Å². The van der Waals surface area contributed by atoms with Crippen molar-refractivity contribution in [3.63, 3.8) is 0 Å². The Morgan fingerprint density at radius 3 is 2.62 bits per heavy atom. The predicted octanol–water partition coefficient (Wildman–Crippen LogP) is 1.68. The highest BCUT2D eigenvalue weighted by Crippen LogP contribution is 2.44. The summed E-state index contributed by atoms with van der Waals surface area (Å²) in [6.45, 7) is 0.875. The van der Waals surface area contributed by atoms with Crippen LogP contribution in [0.3, 0.4) is 0 Å². The standard InChI is InChI=1S/C18H24F2N4O2/c1-23-5-4-21-16(23)13-9-24(10-14(13)22-17(26)12-2-3-12)15(25)6-11-7-18(19,20)8-11/h4-5,11-14H,2-3,6-10H2,1H3,(H,22,26)/t13-,14-/m1/s1. The Kier molecular flexibility index (Phi) is 4.23. The summed E-state index contributed by atoms with van der Waals surface area (Å²) < 4.78 is 27.9. The minimum atomic E-state index is -2.60. The summed E-state index contributed by atoms with van der Waals surface area (Å²) in [5.41, 5.74) is 0. The molecule has 0 aromatic carbocycles. The summed E-state index contributed by atoms with van der Waals surface area (Å²) in [5, 5.41) is 3.08. The van der Waals surface area contributed by atoms with Crippen LogP contribution in [0.15, 0.2) is 12.4 Å². The quantitative estimate of drug-likeness (QED) is 0.862. The Bertz CT molecular complexity index is 708. The van der Waals surface area contributed by atoms with Gasteiger partial charge in [0.05, 0.1) is 12.0 Å². The van der Waals surface area contributed by atoms with Gasteiger partial charge in [-0.2, -0.15) is 0 Å². The van der Waals surface area contributed by atoms with E-state index in [2.05, 4.69) is 10.3 Å². The molecule has 1 aromatic heterocycles. The molecular weight excluding hydrogens is 342 g/mol. The number of alkyl halides is 2. The molecule has 0 spiro atoms. The summed E-state index contributed by atoms with van der Waals surface area (Å²) in [6.07, 6.45) is 5.15. The largest absolute Gasteiger partial charge is 0.351 e. The number of amides is 2. The molecule has 0 bridgehead atoms. The maximum Gasteiger partial charge on any atom is 0.248 e. The third kappa shape index (κ3) is 3.46. The van der Waals surface area contributed by atoms with E-state index in [-0.39, 0.29) is 54.9 Å². The van der Waals surface area contributed by atoms with E-state index in [0.717, 1.165) is 18.7 Å². The lowest BCUT2D eigenvalue weighted by atomic mass is 9.79. The second kappa shape index (κ2) is 6.32. The minimum Gasteiger partial charge on any atom is -0.351 e. The average molecular weight is 366 g/mol. The van der Waals surface area contributed by atoms with E-state index < -0.39 is 5.92 Å². The molecule has 2 atom stereocenters. The molecule has 1 aromatic rings. The predicted molar refractivity (Wildman–Crippen MR) is 89.5 cm³/mol. The van der Waals surface area contributed by atoms with Crippen molar-refractivity contribution in [2.45, 2.75) is 50.0 Å². The van der Waals surface area contributed by atoms with Gasteiger partial charge in [0.15, 0.2) is 0 Å². The fourth-order valence-corrected chi connectivity index (χ4v) is 4.10. The molecule has 8 heteroatoms. The van der Waals surface area contributed by atoms with E-state index in [1.165, 1.54) is 0 Å². The molecule has 142 valence electrons. The van der Waals surface area contributed by atoms with Gasteiger partial charge in [0.1, 0.15) is 5.82 Å². The molecule has 1 aliphatic heterocycles. The molecule has 6 nitrogen and oxygen atoms in total. The van der Waals surface area contributed by atoms with E-state index in [4.69, 9.17) is 0 Å². The second-order valence-electron chi connectivity index (χ2n) is 8.03. The molecule has 3 aliphatic rings. The monoisotopic (exact) mass is 366 g/mol. The topological polar surface area (TPSA) is 67.2 Å². The number of nitrogens with one attached hydrogen (secondary N) is 1. The summed E-state index contributed by atoms with van der Waals surface area (Å²) >= 11 is 0. The number of hydrogen-bond acceptors (Lipinski definition) is 3. The molecule has 2 saturated carbocycles. The van der Waals surface area contributed by atoms with E-state index >= 15 is 0 Å². The molecular formula is C18H24F2N4O2. The fourth-order valence-electron chi connectivity index (χ4n) is 4.10. The van der Waals surface area contributed by atoms with Gasteiger partial charge in [-0.15, -0.1) is 0 Å². The third-order valence-electron chi connectivity index (χ3n) is 5.78. The van der Waals surface area contributed by atoms with Gasteiger partial charge in [0.25, 0.3) is 0 Å². The molecule has 3 fully saturated rings. The number of hydrogen-bond donors (Lipinski definition) is 1. The van der Waals surface area contributed by atoms with Crippen LogP contribution in [-0.4, -0.2) is 51.3 Å². The Hall–Kier alpha value is -1.99. The lowest BCUT2D eigenvalue weighted by molar-refractivity contribution is -0.141. The number of likely N-dealkylation sites (tertiary alicyclic amines) is 1. The van der Waals surface area contributed by atoms with Gasteiger partial charge < -0.3 is 14.8 Å². The maximum absolute atomic E-state index is 13.0. The van der Waals surface area contributed by atoms with Crippen LogP contribution in [0.25, 0.3) is 0 Å². The number of halogens is 2. The van der Waals surface area contributed by atoms with Crippen molar-refractivity contribution in [3.8, 4) is 0 Å². The Labute approximate surface area is 150 Å². The lowest BCUT2D eigenvalue weighted by Gasteiger charge is -2.35. The normalized spacial score (nSPS) is 28.0. The SMILES string of the molecule is Cn1ccnc1[C@@H]1CN(C(=O)CC2CC(F)(F)C2)C[C@H]1NC(=O)C1CC1. The first-order chi connectivity index (χ1) is 12.3. The molecule has 1 saturated heterocycles. The zero-order valence-corrected chi connectivity index (χ0v) is 14.8. The highest BCUT2D eigenvalue weighted by Gasteiger charge is 2.47. The van der Waals surface area contributed by atoms with E-state index in [1.807, 2.05) is 17.8 Å². The van der Waals surface area contributed by atoms with Gasteiger partial charge in [-0.25, -0.2) is 13.8 Å². The van der Waals surface area contributed by atoms with Crippen LogP contribution < -0.4 is 5.32 Å². The number of imidazole rings is 1. The number of nitrogens with zero attached hydrogens (tertiary/aromatic N) is 3. The van der Waals surface area contributed by atoms with E-state index in [9.17, 15) is 18.4 Å².